The topological polar surface area (TPSA) is 52.9 Å². The van der Waals surface area contributed by atoms with E-state index in [1.165, 1.54) is 17.0 Å². The molecule has 1 heterocycles. The minimum absolute atomic E-state index is 0.182. The zero-order chi connectivity index (χ0) is 21.8. The Kier molecular flexibility index (Phi) is 6.98. The molecule has 1 aliphatic heterocycles. The van der Waals surface area contributed by atoms with Crippen molar-refractivity contribution in [3.63, 3.8) is 0 Å². The lowest BCUT2D eigenvalue weighted by molar-refractivity contribution is -0.384. The predicted octanol–water partition coefficient (Wildman–Crippen LogP) is 5.11. The Morgan fingerprint density at radius 3 is 2.17 bits per heavy atom. The third-order valence-electron chi connectivity index (χ3n) is 5.55. The first-order valence-electron chi connectivity index (χ1n) is 10.7. The maximum Gasteiger partial charge on any atom is 0.292 e. The van der Waals surface area contributed by atoms with Crippen LogP contribution in [0.5, 0.6) is 0 Å². The Hall–Kier alpha value is -2.60. The van der Waals surface area contributed by atoms with Gasteiger partial charge in [-0.2, -0.15) is 0 Å². The summed E-state index contributed by atoms with van der Waals surface area (Å²) in [5, 5.41) is 11.7. The Morgan fingerprint density at radius 2 is 1.63 bits per heavy atom. The molecule has 1 fully saturated rings. The van der Waals surface area contributed by atoms with Crippen molar-refractivity contribution in [3.8, 4) is 0 Å². The fourth-order valence-electron chi connectivity index (χ4n) is 4.30. The van der Waals surface area contributed by atoms with Crippen LogP contribution in [-0.2, 0) is 0 Å². The van der Waals surface area contributed by atoms with Crippen molar-refractivity contribution in [3.05, 3.63) is 63.6 Å². The summed E-state index contributed by atoms with van der Waals surface area (Å²) >= 11 is 0. The molecule has 0 bridgehead atoms. The first kappa shape index (κ1) is 22.1. The zero-order valence-corrected chi connectivity index (χ0v) is 18.8. The van der Waals surface area contributed by atoms with Crippen LogP contribution in [-0.4, -0.2) is 49.1 Å². The van der Waals surface area contributed by atoms with E-state index in [2.05, 4.69) is 67.5 Å². The first-order chi connectivity index (χ1) is 14.3. The summed E-state index contributed by atoms with van der Waals surface area (Å²) < 4.78 is 0. The summed E-state index contributed by atoms with van der Waals surface area (Å²) in [7, 11) is 0. The van der Waals surface area contributed by atoms with Gasteiger partial charge in [0.05, 0.1) is 4.92 Å². The summed E-state index contributed by atoms with van der Waals surface area (Å²) in [5.74, 6) is 1.39. The highest BCUT2D eigenvalue weighted by Crippen LogP contribution is 2.36. The van der Waals surface area contributed by atoms with Crippen molar-refractivity contribution in [2.75, 3.05) is 49.1 Å². The number of nitro benzene ring substituents is 1. The quantitative estimate of drug-likeness (QED) is 0.470. The summed E-state index contributed by atoms with van der Waals surface area (Å²) in [6, 6.07) is 12.0. The molecule has 0 aliphatic carbocycles. The number of hydrogen-bond acceptors (Lipinski definition) is 5. The SMILES string of the molecule is CCN(c1cc(C)cc(C)c1)c1ccc([N+](=O)[O-])c(N2CCN(C[C](C)C)CC2)c1. The Balaban J connectivity index is 1.92. The van der Waals surface area contributed by atoms with E-state index in [9.17, 15) is 10.1 Å². The number of piperazine rings is 1. The van der Waals surface area contributed by atoms with Crippen LogP contribution >= 0.6 is 0 Å². The van der Waals surface area contributed by atoms with E-state index < -0.39 is 0 Å². The van der Waals surface area contributed by atoms with Gasteiger partial charge in [0.25, 0.3) is 5.69 Å². The zero-order valence-electron chi connectivity index (χ0n) is 18.8. The molecule has 3 rings (SSSR count). The standard InChI is InChI=1S/C24H33N4O2/c1-6-27(22-14-19(4)13-20(5)15-22)21-7-8-23(28(29)30)24(16-21)26-11-9-25(10-12-26)17-18(2)3/h7-8,13-16H,6,9-12,17H2,1-5H3. The first-order valence-corrected chi connectivity index (χ1v) is 10.7. The van der Waals surface area contributed by atoms with E-state index in [0.717, 1.165) is 56.3 Å². The van der Waals surface area contributed by atoms with Gasteiger partial charge in [-0.25, -0.2) is 0 Å². The van der Waals surface area contributed by atoms with E-state index in [0.29, 0.717) is 0 Å². The van der Waals surface area contributed by atoms with E-state index in [4.69, 9.17) is 0 Å². The molecule has 2 aromatic carbocycles. The van der Waals surface area contributed by atoms with Crippen LogP contribution in [0.4, 0.5) is 22.7 Å². The highest BCUT2D eigenvalue weighted by molar-refractivity contribution is 5.74. The van der Waals surface area contributed by atoms with Gasteiger partial charge in [-0.05, 0) is 62.1 Å². The molecule has 6 heteroatoms. The monoisotopic (exact) mass is 409 g/mol. The molecule has 0 aromatic heterocycles. The molecule has 0 unspecified atom stereocenters. The second-order valence-electron chi connectivity index (χ2n) is 8.49. The number of hydrogen-bond donors (Lipinski definition) is 0. The molecule has 0 N–H and O–H groups in total. The average Bonchev–Trinajstić information content (AvgIpc) is 2.68. The molecule has 1 radical (unpaired) electrons. The van der Waals surface area contributed by atoms with E-state index in [1.54, 1.807) is 6.07 Å². The Bertz CT molecular complexity index is 869. The summed E-state index contributed by atoms with van der Waals surface area (Å²) in [6.45, 7) is 15.8. The van der Waals surface area contributed by atoms with Crippen molar-refractivity contribution < 1.29 is 4.92 Å². The Morgan fingerprint density at radius 1 is 1.00 bits per heavy atom. The van der Waals surface area contributed by atoms with E-state index in [-0.39, 0.29) is 10.6 Å². The maximum absolute atomic E-state index is 11.7. The fourth-order valence-corrected chi connectivity index (χ4v) is 4.30. The molecule has 2 aromatic rings. The molecule has 30 heavy (non-hydrogen) atoms. The Labute approximate surface area is 180 Å². The van der Waals surface area contributed by atoms with Crippen molar-refractivity contribution in [2.45, 2.75) is 34.6 Å². The summed E-state index contributed by atoms with van der Waals surface area (Å²) in [5.41, 5.74) is 5.44. The van der Waals surface area contributed by atoms with Gasteiger partial charge in [-0.1, -0.05) is 19.9 Å². The van der Waals surface area contributed by atoms with Gasteiger partial charge in [0.2, 0.25) is 0 Å². The fraction of sp³-hybridized carbons (Fsp3) is 0.458. The van der Waals surface area contributed by atoms with Crippen LogP contribution in [0, 0.1) is 29.9 Å². The second-order valence-corrected chi connectivity index (χ2v) is 8.49. The summed E-state index contributed by atoms with van der Waals surface area (Å²) in [6.07, 6.45) is 0. The number of anilines is 3. The molecular weight excluding hydrogens is 376 g/mol. The third kappa shape index (κ3) is 5.11. The van der Waals surface area contributed by atoms with Crippen LogP contribution in [0.3, 0.4) is 0 Å². The summed E-state index contributed by atoms with van der Waals surface area (Å²) in [4.78, 5) is 18.3. The average molecular weight is 410 g/mol. The molecule has 0 amide bonds. The van der Waals surface area contributed by atoms with Gasteiger partial charge in [0, 0.05) is 56.7 Å². The van der Waals surface area contributed by atoms with Crippen molar-refractivity contribution in [2.24, 2.45) is 0 Å². The normalized spacial score (nSPS) is 14.9. The number of nitrogens with zero attached hydrogens (tertiary/aromatic N) is 4. The lowest BCUT2D eigenvalue weighted by Gasteiger charge is -2.37. The second kappa shape index (κ2) is 9.47. The number of rotatable bonds is 7. The van der Waals surface area contributed by atoms with Gasteiger partial charge < -0.3 is 9.80 Å². The molecule has 0 atom stereocenters. The molecule has 6 nitrogen and oxygen atoms in total. The number of benzene rings is 2. The van der Waals surface area contributed by atoms with Crippen LogP contribution in [0.1, 0.15) is 31.9 Å². The molecule has 1 saturated heterocycles. The molecule has 0 spiro atoms. The van der Waals surface area contributed by atoms with Crippen molar-refractivity contribution in [1.29, 1.82) is 0 Å². The van der Waals surface area contributed by atoms with Crippen LogP contribution in [0.15, 0.2) is 36.4 Å². The van der Waals surface area contributed by atoms with Crippen molar-refractivity contribution in [1.82, 2.24) is 4.90 Å². The number of nitro groups is 1. The van der Waals surface area contributed by atoms with Gasteiger partial charge in [-0.15, -0.1) is 0 Å². The van der Waals surface area contributed by atoms with Gasteiger partial charge in [0.1, 0.15) is 5.69 Å². The highest BCUT2D eigenvalue weighted by atomic mass is 16.6. The lowest BCUT2D eigenvalue weighted by Crippen LogP contribution is -2.47. The molecule has 0 saturated carbocycles. The lowest BCUT2D eigenvalue weighted by atomic mass is 10.1. The minimum Gasteiger partial charge on any atom is -0.363 e. The number of aryl methyl sites for hydroxylation is 2. The van der Waals surface area contributed by atoms with Gasteiger partial charge in [0.15, 0.2) is 0 Å². The van der Waals surface area contributed by atoms with Crippen LogP contribution in [0.25, 0.3) is 0 Å². The van der Waals surface area contributed by atoms with Crippen molar-refractivity contribution >= 4 is 22.7 Å². The van der Waals surface area contributed by atoms with E-state index >= 15 is 0 Å². The van der Waals surface area contributed by atoms with Gasteiger partial charge >= 0.3 is 0 Å². The van der Waals surface area contributed by atoms with Gasteiger partial charge in [-0.3, -0.25) is 15.0 Å². The molecule has 1 aliphatic rings. The largest absolute Gasteiger partial charge is 0.363 e. The molecular formula is C24H33N4O2. The smallest absolute Gasteiger partial charge is 0.292 e. The molecule has 161 valence electrons. The minimum atomic E-state index is -0.261. The third-order valence-corrected chi connectivity index (χ3v) is 5.55. The predicted molar refractivity (Wildman–Crippen MR) is 125 cm³/mol. The maximum atomic E-state index is 11.7. The van der Waals surface area contributed by atoms with Crippen LogP contribution < -0.4 is 9.80 Å². The van der Waals surface area contributed by atoms with E-state index in [1.807, 2.05) is 12.1 Å². The van der Waals surface area contributed by atoms with Crippen LogP contribution in [0.2, 0.25) is 0 Å². The highest BCUT2D eigenvalue weighted by Gasteiger charge is 2.25.